The normalized spacial score (nSPS) is 13.1. The molecule has 0 fully saturated rings. The molecule has 1 N–H and O–H groups in total. The van der Waals surface area contributed by atoms with E-state index in [9.17, 15) is 5.11 Å². The predicted molar refractivity (Wildman–Crippen MR) is 57.1 cm³/mol. The van der Waals surface area contributed by atoms with Gasteiger partial charge in [-0.1, -0.05) is 19.8 Å². The fourth-order valence-electron chi connectivity index (χ4n) is 1.52. The van der Waals surface area contributed by atoms with Crippen LogP contribution in [-0.4, -0.2) is 21.0 Å². The lowest BCUT2D eigenvalue weighted by atomic mass is 10.1. The van der Waals surface area contributed by atoms with Gasteiger partial charge in [0.1, 0.15) is 0 Å². The first-order chi connectivity index (χ1) is 6.72. The Labute approximate surface area is 85.8 Å². The second-order valence-corrected chi connectivity index (χ2v) is 3.86. The zero-order valence-corrected chi connectivity index (χ0v) is 9.11. The van der Waals surface area contributed by atoms with Gasteiger partial charge in [-0.25, -0.2) is 0 Å². The van der Waals surface area contributed by atoms with E-state index >= 15 is 0 Å². The van der Waals surface area contributed by atoms with Crippen LogP contribution in [0.3, 0.4) is 0 Å². The second-order valence-electron chi connectivity index (χ2n) is 3.86. The maximum atomic E-state index is 9.62. The van der Waals surface area contributed by atoms with Gasteiger partial charge in [0.15, 0.2) is 0 Å². The zero-order chi connectivity index (χ0) is 10.4. The highest BCUT2D eigenvalue weighted by Gasteiger charge is 2.04. The lowest BCUT2D eigenvalue weighted by Gasteiger charge is -2.07. The van der Waals surface area contributed by atoms with Crippen molar-refractivity contribution in [2.45, 2.75) is 45.1 Å². The first kappa shape index (κ1) is 11.2. The zero-order valence-electron chi connectivity index (χ0n) is 9.11. The number of aliphatic hydroxyl groups excluding tert-OH is 1. The fraction of sp³-hybridized carbons (Fsp3) is 0.727. The minimum absolute atomic E-state index is 0.143. The van der Waals surface area contributed by atoms with Crippen molar-refractivity contribution < 1.29 is 5.11 Å². The van der Waals surface area contributed by atoms with Gasteiger partial charge in [-0.15, -0.1) is 0 Å². The van der Waals surface area contributed by atoms with Crippen LogP contribution in [0.1, 0.15) is 38.2 Å². The predicted octanol–water partition coefficient (Wildman–Crippen LogP) is 1.90. The van der Waals surface area contributed by atoms with Crippen molar-refractivity contribution in [1.82, 2.24) is 9.78 Å². The number of aromatic nitrogens is 2. The standard InChI is InChI=1S/C11H20N2O/c1-3-4-5-11(14)7-6-10-8-12-13(2)9-10/h8-9,11,14H,3-7H2,1-2H3. The van der Waals surface area contributed by atoms with E-state index < -0.39 is 0 Å². The molecule has 14 heavy (non-hydrogen) atoms. The van der Waals surface area contributed by atoms with Gasteiger partial charge in [-0.2, -0.15) is 5.10 Å². The van der Waals surface area contributed by atoms with E-state index in [1.165, 1.54) is 5.56 Å². The molecule has 0 bridgehead atoms. The number of unbranched alkanes of at least 4 members (excludes halogenated alkanes) is 1. The van der Waals surface area contributed by atoms with Gasteiger partial charge in [0.25, 0.3) is 0 Å². The summed E-state index contributed by atoms with van der Waals surface area (Å²) in [5.41, 5.74) is 1.21. The molecular formula is C11H20N2O. The monoisotopic (exact) mass is 196 g/mol. The van der Waals surface area contributed by atoms with Gasteiger partial charge in [0, 0.05) is 13.2 Å². The van der Waals surface area contributed by atoms with Gasteiger partial charge in [0.2, 0.25) is 0 Å². The molecule has 0 amide bonds. The van der Waals surface area contributed by atoms with Crippen LogP contribution in [0.4, 0.5) is 0 Å². The van der Waals surface area contributed by atoms with Crippen LogP contribution >= 0.6 is 0 Å². The molecular weight excluding hydrogens is 176 g/mol. The lowest BCUT2D eigenvalue weighted by molar-refractivity contribution is 0.152. The Hall–Kier alpha value is -0.830. The van der Waals surface area contributed by atoms with Gasteiger partial charge in [-0.3, -0.25) is 4.68 Å². The second kappa shape index (κ2) is 5.81. The Bertz CT molecular complexity index is 258. The molecule has 0 spiro atoms. The van der Waals surface area contributed by atoms with E-state index in [1.807, 2.05) is 19.4 Å². The van der Waals surface area contributed by atoms with Gasteiger partial charge < -0.3 is 5.11 Å². The highest BCUT2D eigenvalue weighted by Crippen LogP contribution is 2.08. The van der Waals surface area contributed by atoms with Crippen molar-refractivity contribution in [1.29, 1.82) is 0 Å². The molecule has 1 atom stereocenters. The maximum Gasteiger partial charge on any atom is 0.0543 e. The number of hydrogen-bond acceptors (Lipinski definition) is 2. The van der Waals surface area contributed by atoms with Crippen LogP contribution in [0.2, 0.25) is 0 Å². The molecule has 1 unspecified atom stereocenters. The topological polar surface area (TPSA) is 38.1 Å². The van der Waals surface area contributed by atoms with Crippen LogP contribution in [0.15, 0.2) is 12.4 Å². The van der Waals surface area contributed by atoms with Crippen molar-refractivity contribution in [2.75, 3.05) is 0 Å². The third-order valence-electron chi connectivity index (χ3n) is 2.42. The fourth-order valence-corrected chi connectivity index (χ4v) is 1.52. The summed E-state index contributed by atoms with van der Waals surface area (Å²) in [5, 5.41) is 13.7. The molecule has 0 aliphatic carbocycles. The minimum Gasteiger partial charge on any atom is -0.393 e. The van der Waals surface area contributed by atoms with Crippen molar-refractivity contribution in [3.05, 3.63) is 18.0 Å². The van der Waals surface area contributed by atoms with Crippen molar-refractivity contribution >= 4 is 0 Å². The molecule has 3 nitrogen and oxygen atoms in total. The van der Waals surface area contributed by atoms with Crippen molar-refractivity contribution in [3.63, 3.8) is 0 Å². The van der Waals surface area contributed by atoms with Crippen molar-refractivity contribution in [2.24, 2.45) is 7.05 Å². The molecule has 3 heteroatoms. The Kier molecular flexibility index (Phi) is 4.66. The number of hydrogen-bond donors (Lipinski definition) is 1. The quantitative estimate of drug-likeness (QED) is 0.754. The molecule has 80 valence electrons. The molecule has 0 saturated heterocycles. The Balaban J connectivity index is 2.20. The lowest BCUT2D eigenvalue weighted by Crippen LogP contribution is -2.07. The van der Waals surface area contributed by atoms with Crippen LogP contribution in [0, 0.1) is 0 Å². The number of rotatable bonds is 6. The molecule has 1 aromatic rings. The van der Waals surface area contributed by atoms with E-state index in [1.54, 1.807) is 4.68 Å². The first-order valence-corrected chi connectivity index (χ1v) is 5.38. The average Bonchev–Trinajstić information content (AvgIpc) is 2.58. The number of aliphatic hydroxyl groups is 1. The molecule has 0 saturated carbocycles. The number of aryl methyl sites for hydroxylation is 2. The smallest absolute Gasteiger partial charge is 0.0543 e. The van der Waals surface area contributed by atoms with Crippen molar-refractivity contribution in [3.8, 4) is 0 Å². The van der Waals surface area contributed by atoms with E-state index in [0.717, 1.165) is 32.1 Å². The highest BCUT2D eigenvalue weighted by atomic mass is 16.3. The van der Waals surface area contributed by atoms with Gasteiger partial charge in [0.05, 0.1) is 12.3 Å². The third kappa shape index (κ3) is 3.92. The molecule has 0 radical (unpaired) electrons. The van der Waals surface area contributed by atoms with E-state index in [0.29, 0.717) is 0 Å². The molecule has 1 heterocycles. The van der Waals surface area contributed by atoms with Gasteiger partial charge >= 0.3 is 0 Å². The SMILES string of the molecule is CCCCC(O)CCc1cnn(C)c1. The molecule has 1 rings (SSSR count). The summed E-state index contributed by atoms with van der Waals surface area (Å²) in [7, 11) is 1.91. The molecule has 1 aromatic heterocycles. The molecule has 0 aliphatic rings. The van der Waals surface area contributed by atoms with E-state index in [-0.39, 0.29) is 6.10 Å². The Morgan fingerprint density at radius 1 is 1.50 bits per heavy atom. The van der Waals surface area contributed by atoms with Gasteiger partial charge in [-0.05, 0) is 24.8 Å². The summed E-state index contributed by atoms with van der Waals surface area (Å²) < 4.78 is 1.80. The minimum atomic E-state index is -0.143. The summed E-state index contributed by atoms with van der Waals surface area (Å²) in [4.78, 5) is 0. The van der Waals surface area contributed by atoms with Crippen LogP contribution in [-0.2, 0) is 13.5 Å². The Morgan fingerprint density at radius 3 is 2.86 bits per heavy atom. The third-order valence-corrected chi connectivity index (χ3v) is 2.42. The maximum absolute atomic E-state index is 9.62. The molecule has 0 aliphatic heterocycles. The van der Waals surface area contributed by atoms with E-state index in [4.69, 9.17) is 0 Å². The Morgan fingerprint density at radius 2 is 2.29 bits per heavy atom. The summed E-state index contributed by atoms with van der Waals surface area (Å²) in [6.45, 7) is 2.15. The van der Waals surface area contributed by atoms with Crippen LogP contribution < -0.4 is 0 Å². The molecule has 0 aromatic carbocycles. The van der Waals surface area contributed by atoms with Crippen LogP contribution in [0.25, 0.3) is 0 Å². The average molecular weight is 196 g/mol. The van der Waals surface area contributed by atoms with Crippen LogP contribution in [0.5, 0.6) is 0 Å². The summed E-state index contributed by atoms with van der Waals surface area (Å²) in [5.74, 6) is 0. The summed E-state index contributed by atoms with van der Waals surface area (Å²) >= 11 is 0. The summed E-state index contributed by atoms with van der Waals surface area (Å²) in [6.07, 6.45) is 8.72. The first-order valence-electron chi connectivity index (χ1n) is 5.38. The number of nitrogens with zero attached hydrogens (tertiary/aromatic N) is 2. The highest BCUT2D eigenvalue weighted by molar-refractivity contribution is 5.03. The summed E-state index contributed by atoms with van der Waals surface area (Å²) in [6, 6.07) is 0. The van der Waals surface area contributed by atoms with E-state index in [2.05, 4.69) is 12.0 Å². The largest absolute Gasteiger partial charge is 0.393 e.